The van der Waals surface area contributed by atoms with E-state index < -0.39 is 0 Å². The molecule has 0 unspecified atom stereocenters. The van der Waals surface area contributed by atoms with E-state index in [1.165, 1.54) is 0 Å². The van der Waals surface area contributed by atoms with E-state index in [0.29, 0.717) is 11.3 Å². The summed E-state index contributed by atoms with van der Waals surface area (Å²) in [4.78, 5) is 11.7. The van der Waals surface area contributed by atoms with Crippen LogP contribution < -0.4 is 10.2 Å². The highest BCUT2D eigenvalue weighted by atomic mass is 15.2. The van der Waals surface area contributed by atoms with Crippen molar-refractivity contribution in [2.24, 2.45) is 0 Å². The van der Waals surface area contributed by atoms with Crippen LogP contribution in [-0.2, 0) is 0 Å². The number of aromatic nitrogens is 3. The van der Waals surface area contributed by atoms with E-state index in [1.54, 1.807) is 6.20 Å². The summed E-state index contributed by atoms with van der Waals surface area (Å²) in [6.45, 7) is 5.69. The number of imidazole rings is 1. The number of pyridine rings is 2. The van der Waals surface area contributed by atoms with E-state index in [4.69, 9.17) is 4.98 Å². The number of fused-ring (bicyclic) bond motifs is 3. The second-order valence-electron chi connectivity index (χ2n) is 7.03. The van der Waals surface area contributed by atoms with Gasteiger partial charge in [0.2, 0.25) is 0 Å². The second kappa shape index (κ2) is 6.63. The zero-order valence-corrected chi connectivity index (χ0v) is 15.7. The van der Waals surface area contributed by atoms with Gasteiger partial charge in [-0.2, -0.15) is 5.26 Å². The van der Waals surface area contributed by atoms with Gasteiger partial charge in [0, 0.05) is 37.9 Å². The fourth-order valence-corrected chi connectivity index (χ4v) is 4.15. The van der Waals surface area contributed by atoms with Crippen molar-refractivity contribution < 1.29 is 0 Å². The first-order valence-corrected chi connectivity index (χ1v) is 9.50. The minimum atomic E-state index is 0.614. The van der Waals surface area contributed by atoms with Crippen molar-refractivity contribution in [2.45, 2.75) is 6.92 Å². The fraction of sp³-hybridized carbons (Fsp3) is 0.227. The summed E-state index contributed by atoms with van der Waals surface area (Å²) >= 11 is 0. The first-order valence-electron chi connectivity index (χ1n) is 9.50. The number of nitrogens with one attached hydrogen (secondary N) is 1. The van der Waals surface area contributed by atoms with Crippen molar-refractivity contribution in [3.8, 4) is 17.2 Å². The summed E-state index contributed by atoms with van der Waals surface area (Å²) < 4.78 is 1.97. The maximum absolute atomic E-state index is 10.0. The van der Waals surface area contributed by atoms with Crippen LogP contribution in [-0.4, -0.2) is 40.5 Å². The highest BCUT2D eigenvalue weighted by molar-refractivity contribution is 5.95. The van der Waals surface area contributed by atoms with Crippen molar-refractivity contribution in [1.29, 1.82) is 5.26 Å². The molecular formula is C22H20N6. The second-order valence-corrected chi connectivity index (χ2v) is 7.03. The predicted molar refractivity (Wildman–Crippen MR) is 110 cm³/mol. The summed E-state index contributed by atoms with van der Waals surface area (Å²) in [6, 6.07) is 16.6. The number of piperazine rings is 1. The van der Waals surface area contributed by atoms with Gasteiger partial charge in [-0.25, -0.2) is 9.97 Å². The van der Waals surface area contributed by atoms with Crippen molar-refractivity contribution >= 4 is 22.5 Å². The zero-order valence-electron chi connectivity index (χ0n) is 15.7. The third kappa shape index (κ3) is 2.44. The summed E-state index contributed by atoms with van der Waals surface area (Å²) in [5.41, 5.74) is 7.20. The van der Waals surface area contributed by atoms with Crippen molar-refractivity contribution in [3.05, 3.63) is 59.9 Å². The number of hydrogen-bond acceptors (Lipinski definition) is 5. The van der Waals surface area contributed by atoms with Crippen molar-refractivity contribution in [2.75, 3.05) is 31.1 Å². The van der Waals surface area contributed by atoms with Gasteiger partial charge < -0.3 is 10.2 Å². The van der Waals surface area contributed by atoms with Gasteiger partial charge in [0.05, 0.1) is 11.2 Å². The monoisotopic (exact) mass is 368 g/mol. The van der Waals surface area contributed by atoms with Crippen LogP contribution in [0.25, 0.3) is 27.9 Å². The number of benzene rings is 1. The van der Waals surface area contributed by atoms with Gasteiger partial charge in [0.1, 0.15) is 11.8 Å². The molecule has 3 aromatic heterocycles. The molecule has 0 amide bonds. The number of hydrogen-bond donors (Lipinski definition) is 1. The lowest BCUT2D eigenvalue weighted by molar-refractivity contribution is 0.590. The molecule has 0 atom stereocenters. The molecule has 138 valence electrons. The van der Waals surface area contributed by atoms with Gasteiger partial charge in [-0.3, -0.25) is 4.40 Å². The largest absolute Gasteiger partial charge is 0.365 e. The Morgan fingerprint density at radius 3 is 2.61 bits per heavy atom. The van der Waals surface area contributed by atoms with Crippen LogP contribution in [0, 0.1) is 18.3 Å². The minimum absolute atomic E-state index is 0.614. The Kier molecular flexibility index (Phi) is 3.96. The molecule has 1 N–H and O–H groups in total. The summed E-state index contributed by atoms with van der Waals surface area (Å²) in [5.74, 6) is 0. The lowest BCUT2D eigenvalue weighted by Gasteiger charge is -2.32. The molecular weight excluding hydrogens is 348 g/mol. The Morgan fingerprint density at radius 2 is 1.86 bits per heavy atom. The van der Waals surface area contributed by atoms with Crippen LogP contribution >= 0.6 is 0 Å². The van der Waals surface area contributed by atoms with Gasteiger partial charge >= 0.3 is 0 Å². The molecule has 1 fully saturated rings. The molecule has 6 heteroatoms. The molecule has 1 saturated heterocycles. The molecule has 4 aromatic rings. The van der Waals surface area contributed by atoms with E-state index in [0.717, 1.165) is 59.7 Å². The van der Waals surface area contributed by atoms with Crippen molar-refractivity contribution in [3.63, 3.8) is 0 Å². The molecule has 0 spiro atoms. The third-order valence-corrected chi connectivity index (χ3v) is 5.43. The predicted octanol–water partition coefficient (Wildman–Crippen LogP) is 3.14. The molecule has 6 nitrogen and oxygen atoms in total. The molecule has 0 radical (unpaired) electrons. The van der Waals surface area contributed by atoms with E-state index in [-0.39, 0.29) is 0 Å². The van der Waals surface area contributed by atoms with Gasteiger partial charge in [-0.1, -0.05) is 30.3 Å². The van der Waals surface area contributed by atoms with E-state index in [1.807, 2.05) is 41.7 Å². The molecule has 1 aliphatic heterocycles. The maximum atomic E-state index is 10.0. The number of nitrogens with zero attached hydrogens (tertiary/aromatic N) is 5. The van der Waals surface area contributed by atoms with E-state index in [2.05, 4.69) is 33.4 Å². The molecule has 4 heterocycles. The fourth-order valence-electron chi connectivity index (χ4n) is 4.15. The quantitative estimate of drug-likeness (QED) is 0.589. The lowest BCUT2D eigenvalue weighted by Crippen LogP contribution is -2.44. The Morgan fingerprint density at radius 1 is 1.07 bits per heavy atom. The zero-order chi connectivity index (χ0) is 19.1. The van der Waals surface area contributed by atoms with Gasteiger partial charge in [0.15, 0.2) is 11.3 Å². The normalized spacial score (nSPS) is 14.5. The molecule has 5 rings (SSSR count). The van der Waals surface area contributed by atoms with Gasteiger partial charge in [-0.05, 0) is 30.2 Å². The SMILES string of the molecule is Cc1c(-c2ccccc2)c(N2CCNCC2)c2nc3ncccc3n2c1C#N. The third-order valence-electron chi connectivity index (χ3n) is 5.43. The molecule has 0 aliphatic carbocycles. The molecule has 0 bridgehead atoms. The number of nitriles is 1. The van der Waals surface area contributed by atoms with Gasteiger partial charge in [0.25, 0.3) is 0 Å². The van der Waals surface area contributed by atoms with E-state index >= 15 is 0 Å². The first kappa shape index (κ1) is 16.7. The molecule has 1 aromatic carbocycles. The summed E-state index contributed by atoms with van der Waals surface area (Å²) in [5, 5.41) is 13.4. The van der Waals surface area contributed by atoms with Crippen LogP contribution in [0.2, 0.25) is 0 Å². The number of anilines is 1. The van der Waals surface area contributed by atoms with Crippen LogP contribution in [0.3, 0.4) is 0 Å². The average Bonchev–Trinajstić information content (AvgIpc) is 3.13. The summed E-state index contributed by atoms with van der Waals surface area (Å²) in [6.07, 6.45) is 1.75. The Hall–Kier alpha value is -3.43. The van der Waals surface area contributed by atoms with Crippen LogP contribution in [0.4, 0.5) is 5.69 Å². The van der Waals surface area contributed by atoms with Crippen LogP contribution in [0.1, 0.15) is 11.3 Å². The van der Waals surface area contributed by atoms with E-state index in [9.17, 15) is 5.26 Å². The first-order chi connectivity index (χ1) is 13.8. The average molecular weight is 368 g/mol. The van der Waals surface area contributed by atoms with Gasteiger partial charge in [-0.15, -0.1) is 0 Å². The Labute approximate surface area is 163 Å². The topological polar surface area (TPSA) is 69.2 Å². The maximum Gasteiger partial charge on any atom is 0.178 e. The standard InChI is InChI=1S/C22H20N6/c1-15-18(14-23)28-17-8-5-9-25-21(17)26-22(28)20(27-12-10-24-11-13-27)19(15)16-6-3-2-4-7-16/h2-9,24H,10-13H2,1H3. The molecule has 1 aliphatic rings. The highest BCUT2D eigenvalue weighted by Crippen LogP contribution is 2.40. The Bertz CT molecular complexity index is 1210. The lowest BCUT2D eigenvalue weighted by atomic mass is 9.97. The highest BCUT2D eigenvalue weighted by Gasteiger charge is 2.26. The smallest absolute Gasteiger partial charge is 0.178 e. The molecule has 28 heavy (non-hydrogen) atoms. The van der Waals surface area contributed by atoms with Crippen LogP contribution in [0.5, 0.6) is 0 Å². The Balaban J connectivity index is 1.96. The molecule has 0 saturated carbocycles. The summed E-state index contributed by atoms with van der Waals surface area (Å²) in [7, 11) is 0. The van der Waals surface area contributed by atoms with Crippen LogP contribution in [0.15, 0.2) is 48.7 Å². The number of rotatable bonds is 2. The minimum Gasteiger partial charge on any atom is -0.365 e. The van der Waals surface area contributed by atoms with Crippen molar-refractivity contribution in [1.82, 2.24) is 19.7 Å².